The average Bonchev–Trinajstić information content (AvgIpc) is 3.30. The molecule has 0 bridgehead atoms. The molecule has 0 fully saturated rings. The molecule has 0 saturated heterocycles. The van der Waals surface area contributed by atoms with E-state index in [-0.39, 0.29) is 0 Å². The van der Waals surface area contributed by atoms with E-state index >= 15 is 4.57 Å². The molecule has 58 heavy (non-hydrogen) atoms. The van der Waals surface area contributed by atoms with Crippen molar-refractivity contribution in [3.8, 4) is 78.3 Å². The van der Waals surface area contributed by atoms with E-state index in [1.54, 1.807) is 0 Å². The Labute approximate surface area is 340 Å². The molecule has 0 atom stereocenters. The number of rotatable bonds is 11. The zero-order valence-corrected chi connectivity index (χ0v) is 32.6. The number of hydrogen-bond acceptors (Lipinski definition) is 3. The highest BCUT2D eigenvalue weighted by Gasteiger charge is 2.34. The summed E-state index contributed by atoms with van der Waals surface area (Å²) < 4.78 is 30.1. The van der Waals surface area contributed by atoms with Gasteiger partial charge in [0.1, 0.15) is 11.5 Å². The summed E-state index contributed by atoms with van der Waals surface area (Å²) in [6.45, 7) is 0. The third-order valence-electron chi connectivity index (χ3n) is 10.1. The lowest BCUT2D eigenvalue weighted by atomic mass is 9.98. The standard InChI is InChI=1S/C54H39O3P/c55-58(54-38-50(44-27-15-5-16-28-44)33-51(39-54)45-29-17-6-18-30-45,56-52-34-46(40-19-7-1-8-20-40)31-47(35-52)41-21-9-2-10-22-41)57-53-36-48(42-23-11-3-12-24-42)32-49(37-53)43-25-13-4-14-26-43/h1-39H. The van der Waals surface area contributed by atoms with Crippen molar-refractivity contribution < 1.29 is 13.6 Å². The summed E-state index contributed by atoms with van der Waals surface area (Å²) in [6.07, 6.45) is 0. The van der Waals surface area contributed by atoms with Crippen molar-refractivity contribution in [1.82, 2.24) is 0 Å². The second-order valence-corrected chi connectivity index (χ2v) is 16.0. The van der Waals surface area contributed by atoms with Crippen LogP contribution in [0.25, 0.3) is 66.8 Å². The minimum Gasteiger partial charge on any atom is -0.413 e. The van der Waals surface area contributed by atoms with E-state index in [1.807, 2.05) is 146 Å². The zero-order valence-electron chi connectivity index (χ0n) is 31.7. The van der Waals surface area contributed by atoms with Gasteiger partial charge in [0.15, 0.2) is 0 Å². The SMILES string of the molecule is O=P(Oc1cc(-c2ccccc2)cc(-c2ccccc2)c1)(Oc1cc(-c2ccccc2)cc(-c2ccccc2)c1)c1cc(-c2ccccc2)cc(-c2ccccc2)c1. The van der Waals surface area contributed by atoms with Crippen LogP contribution < -0.4 is 14.4 Å². The van der Waals surface area contributed by atoms with Gasteiger partial charge in [-0.05, 0) is 121 Å². The average molecular weight is 767 g/mol. The molecule has 0 amide bonds. The molecule has 0 heterocycles. The predicted molar refractivity (Wildman–Crippen MR) is 240 cm³/mol. The number of hydrogen-bond donors (Lipinski definition) is 0. The quantitative estimate of drug-likeness (QED) is 0.123. The van der Waals surface area contributed by atoms with E-state index in [2.05, 4.69) is 91.0 Å². The maximum atomic E-state index is 16.3. The molecule has 0 radical (unpaired) electrons. The van der Waals surface area contributed by atoms with Gasteiger partial charge >= 0.3 is 7.60 Å². The fourth-order valence-electron chi connectivity index (χ4n) is 7.26. The minimum atomic E-state index is -4.26. The summed E-state index contributed by atoms with van der Waals surface area (Å²) in [4.78, 5) is 0. The van der Waals surface area contributed by atoms with Gasteiger partial charge in [0.25, 0.3) is 0 Å². The molecule has 0 unspecified atom stereocenters. The van der Waals surface area contributed by atoms with Gasteiger partial charge in [0.05, 0.1) is 5.30 Å². The molecule has 0 aromatic heterocycles. The van der Waals surface area contributed by atoms with Gasteiger partial charge < -0.3 is 9.05 Å². The molecule has 0 aliphatic carbocycles. The highest BCUT2D eigenvalue weighted by molar-refractivity contribution is 7.63. The molecule has 0 spiro atoms. The van der Waals surface area contributed by atoms with Gasteiger partial charge in [-0.1, -0.05) is 182 Å². The Balaban J connectivity index is 1.26. The van der Waals surface area contributed by atoms with Crippen molar-refractivity contribution in [2.24, 2.45) is 0 Å². The molecule has 9 rings (SSSR count). The van der Waals surface area contributed by atoms with Gasteiger partial charge in [0.2, 0.25) is 0 Å². The van der Waals surface area contributed by atoms with E-state index in [0.29, 0.717) is 16.8 Å². The third-order valence-corrected chi connectivity index (χ3v) is 11.9. The zero-order chi connectivity index (χ0) is 39.2. The molecule has 4 heteroatoms. The Kier molecular flexibility index (Phi) is 10.4. The van der Waals surface area contributed by atoms with Crippen molar-refractivity contribution in [3.63, 3.8) is 0 Å². The molecule has 9 aromatic carbocycles. The summed E-state index contributed by atoms with van der Waals surface area (Å²) in [5.41, 5.74) is 11.6. The number of benzene rings is 9. The highest BCUT2D eigenvalue weighted by atomic mass is 31.2. The Morgan fingerprint density at radius 2 is 0.448 bits per heavy atom. The fourth-order valence-corrected chi connectivity index (χ4v) is 8.87. The molecular formula is C54H39O3P. The molecule has 0 saturated carbocycles. The Bertz CT molecular complexity index is 2520. The van der Waals surface area contributed by atoms with E-state index in [0.717, 1.165) is 66.8 Å². The van der Waals surface area contributed by atoms with Crippen LogP contribution in [0.1, 0.15) is 0 Å². The lowest BCUT2D eigenvalue weighted by Crippen LogP contribution is -2.16. The second-order valence-electron chi connectivity index (χ2n) is 14.1. The highest BCUT2D eigenvalue weighted by Crippen LogP contribution is 2.51. The minimum absolute atomic E-state index is 0.428. The van der Waals surface area contributed by atoms with Crippen LogP contribution in [0, 0.1) is 0 Å². The second kappa shape index (κ2) is 16.5. The smallest absolute Gasteiger partial charge is 0.413 e. The molecule has 0 N–H and O–H groups in total. The molecular weight excluding hydrogens is 728 g/mol. The first-order valence-electron chi connectivity index (χ1n) is 19.3. The van der Waals surface area contributed by atoms with Gasteiger partial charge in [-0.3, -0.25) is 0 Å². The van der Waals surface area contributed by atoms with Crippen LogP contribution >= 0.6 is 7.60 Å². The van der Waals surface area contributed by atoms with Crippen molar-refractivity contribution >= 4 is 12.9 Å². The first-order valence-corrected chi connectivity index (χ1v) is 20.9. The maximum Gasteiger partial charge on any atom is 0.462 e. The molecule has 278 valence electrons. The lowest BCUT2D eigenvalue weighted by Gasteiger charge is -2.23. The maximum absolute atomic E-state index is 16.3. The summed E-state index contributed by atoms with van der Waals surface area (Å²) in [5.74, 6) is 0.856. The molecule has 9 aromatic rings. The largest absolute Gasteiger partial charge is 0.462 e. The summed E-state index contributed by atoms with van der Waals surface area (Å²) in [7, 11) is -4.26. The summed E-state index contributed by atoms with van der Waals surface area (Å²) in [5, 5.41) is 0.436. The van der Waals surface area contributed by atoms with Crippen molar-refractivity contribution in [2.75, 3.05) is 0 Å². The van der Waals surface area contributed by atoms with Crippen LogP contribution in [-0.4, -0.2) is 0 Å². The first-order chi connectivity index (χ1) is 28.6. The van der Waals surface area contributed by atoms with Gasteiger partial charge in [-0.2, -0.15) is 0 Å². The molecule has 3 nitrogen and oxygen atoms in total. The predicted octanol–water partition coefficient (Wildman–Crippen LogP) is 14.7. The van der Waals surface area contributed by atoms with Crippen LogP contribution in [0.2, 0.25) is 0 Å². The van der Waals surface area contributed by atoms with Crippen LogP contribution in [0.4, 0.5) is 0 Å². The van der Waals surface area contributed by atoms with E-state index in [1.165, 1.54) is 0 Å². The first kappa shape index (κ1) is 36.4. The van der Waals surface area contributed by atoms with Crippen molar-refractivity contribution in [1.29, 1.82) is 0 Å². The topological polar surface area (TPSA) is 35.5 Å². The van der Waals surface area contributed by atoms with E-state index in [9.17, 15) is 0 Å². The van der Waals surface area contributed by atoms with Gasteiger partial charge in [-0.15, -0.1) is 0 Å². The van der Waals surface area contributed by atoms with Crippen LogP contribution in [0.5, 0.6) is 11.5 Å². The summed E-state index contributed by atoms with van der Waals surface area (Å²) >= 11 is 0. The van der Waals surface area contributed by atoms with E-state index < -0.39 is 7.60 Å². The van der Waals surface area contributed by atoms with Crippen LogP contribution in [0.3, 0.4) is 0 Å². The monoisotopic (exact) mass is 766 g/mol. The Morgan fingerprint density at radius 1 is 0.241 bits per heavy atom. The van der Waals surface area contributed by atoms with Crippen molar-refractivity contribution in [3.05, 3.63) is 237 Å². The third kappa shape index (κ3) is 8.18. The molecule has 0 aliphatic heterocycles. The van der Waals surface area contributed by atoms with Crippen LogP contribution in [0.15, 0.2) is 237 Å². The summed E-state index contributed by atoms with van der Waals surface area (Å²) in [6, 6.07) is 79.1. The van der Waals surface area contributed by atoms with Gasteiger partial charge in [0, 0.05) is 0 Å². The van der Waals surface area contributed by atoms with E-state index in [4.69, 9.17) is 9.05 Å². The van der Waals surface area contributed by atoms with Gasteiger partial charge in [-0.25, -0.2) is 4.57 Å². The normalized spacial score (nSPS) is 11.2. The Hall–Kier alpha value is -7.19. The molecule has 0 aliphatic rings. The Morgan fingerprint density at radius 3 is 0.672 bits per heavy atom. The van der Waals surface area contributed by atoms with Crippen molar-refractivity contribution in [2.45, 2.75) is 0 Å². The fraction of sp³-hybridized carbons (Fsp3) is 0. The lowest BCUT2D eigenvalue weighted by molar-refractivity contribution is 0.399. The van der Waals surface area contributed by atoms with Crippen LogP contribution in [-0.2, 0) is 4.57 Å².